The second-order valence-electron chi connectivity index (χ2n) is 8.25. The molecule has 1 unspecified atom stereocenters. The number of fused-ring (bicyclic) bond motifs is 1. The molecule has 0 spiro atoms. The smallest absolute Gasteiger partial charge is 0.409 e. The van der Waals surface area contributed by atoms with Crippen LogP contribution in [0.4, 0.5) is 30.2 Å². The predicted molar refractivity (Wildman–Crippen MR) is 123 cm³/mol. The van der Waals surface area contributed by atoms with Crippen LogP contribution in [0.5, 0.6) is 5.75 Å². The molecule has 2 amide bonds. The van der Waals surface area contributed by atoms with E-state index in [-0.39, 0.29) is 17.9 Å². The van der Waals surface area contributed by atoms with Crippen LogP contribution in [0.15, 0.2) is 48.5 Å². The lowest BCUT2D eigenvalue weighted by Crippen LogP contribution is -2.55. The summed E-state index contributed by atoms with van der Waals surface area (Å²) in [4.78, 5) is 30.1. The quantitative estimate of drug-likeness (QED) is 0.716. The number of alkyl halides is 3. The first-order valence-electron chi connectivity index (χ1n) is 11.2. The zero-order valence-electron chi connectivity index (χ0n) is 18.8. The first kappa shape index (κ1) is 23.9. The summed E-state index contributed by atoms with van der Waals surface area (Å²) in [6.45, 7) is 4.52. The van der Waals surface area contributed by atoms with Crippen LogP contribution in [0, 0.1) is 0 Å². The summed E-state index contributed by atoms with van der Waals surface area (Å²) in [6.07, 6.45) is -5.59. The third-order valence-corrected chi connectivity index (χ3v) is 6.01. The molecule has 7 nitrogen and oxygen atoms in total. The maximum absolute atomic E-state index is 13.9. The molecular formula is C24H27F3N4O3. The zero-order chi connectivity index (χ0) is 24.3. The van der Waals surface area contributed by atoms with E-state index in [1.807, 2.05) is 36.1 Å². The molecule has 1 N–H and O–H groups in total. The van der Waals surface area contributed by atoms with Gasteiger partial charge in [-0.1, -0.05) is 24.3 Å². The Kier molecular flexibility index (Phi) is 6.97. The van der Waals surface area contributed by atoms with Crippen molar-refractivity contribution in [1.82, 2.24) is 4.90 Å². The van der Waals surface area contributed by atoms with E-state index in [1.54, 1.807) is 12.1 Å². The van der Waals surface area contributed by atoms with Crippen LogP contribution in [0.25, 0.3) is 0 Å². The van der Waals surface area contributed by atoms with Crippen molar-refractivity contribution in [2.75, 3.05) is 54.4 Å². The van der Waals surface area contributed by atoms with Gasteiger partial charge in [0.25, 0.3) is 0 Å². The zero-order valence-corrected chi connectivity index (χ0v) is 18.8. The minimum absolute atomic E-state index is 0.0601. The fourth-order valence-electron chi connectivity index (χ4n) is 4.41. The van der Waals surface area contributed by atoms with Crippen molar-refractivity contribution in [3.8, 4) is 5.75 Å². The molecule has 4 rings (SSSR count). The summed E-state index contributed by atoms with van der Waals surface area (Å²) < 4.78 is 47.4. The Hall–Kier alpha value is -3.27. The van der Waals surface area contributed by atoms with Crippen molar-refractivity contribution in [3.05, 3.63) is 48.5 Å². The number of amides is 2. The molecule has 0 radical (unpaired) electrons. The number of hydrogen-bond donors (Lipinski definition) is 1. The summed E-state index contributed by atoms with van der Waals surface area (Å²) in [6, 6.07) is 11.6. The summed E-state index contributed by atoms with van der Waals surface area (Å²) in [5.74, 6) is -0.679. The second kappa shape index (κ2) is 9.92. The van der Waals surface area contributed by atoms with Gasteiger partial charge in [-0.25, -0.2) is 0 Å². The highest BCUT2D eigenvalue weighted by molar-refractivity contribution is 6.05. The van der Waals surface area contributed by atoms with Gasteiger partial charge in [0, 0.05) is 26.2 Å². The lowest BCUT2D eigenvalue weighted by Gasteiger charge is -2.38. The molecule has 2 aliphatic heterocycles. The molecule has 0 saturated carbocycles. The molecule has 1 fully saturated rings. The van der Waals surface area contributed by atoms with Gasteiger partial charge in [-0.2, -0.15) is 13.2 Å². The maximum Gasteiger partial charge on any atom is 0.409 e. The number of piperazine rings is 1. The molecule has 182 valence electrons. The number of carbonyl (C=O) groups is 2. The number of nitrogens with one attached hydrogen (secondary N) is 1. The molecule has 1 saturated heterocycles. The second-order valence-corrected chi connectivity index (χ2v) is 8.25. The molecule has 0 aromatic heterocycles. The van der Waals surface area contributed by atoms with Crippen molar-refractivity contribution in [2.45, 2.75) is 25.6 Å². The summed E-state index contributed by atoms with van der Waals surface area (Å²) in [5.41, 5.74) is 1.22. The number of rotatable bonds is 5. The number of hydrogen-bond acceptors (Lipinski definition) is 5. The van der Waals surface area contributed by atoms with Gasteiger partial charge in [0.05, 0.1) is 36.6 Å². The summed E-state index contributed by atoms with van der Waals surface area (Å²) in [7, 11) is 0. The largest absolute Gasteiger partial charge is 0.492 e. The number of halogens is 3. The Morgan fingerprint density at radius 1 is 1.03 bits per heavy atom. The molecule has 0 aliphatic carbocycles. The van der Waals surface area contributed by atoms with Crippen LogP contribution in [0.2, 0.25) is 0 Å². The van der Waals surface area contributed by atoms with Gasteiger partial charge in [-0.05, 0) is 31.2 Å². The van der Waals surface area contributed by atoms with E-state index in [0.29, 0.717) is 32.8 Å². The van der Waals surface area contributed by atoms with Crippen LogP contribution in [0.1, 0.15) is 13.3 Å². The fourth-order valence-corrected chi connectivity index (χ4v) is 4.41. The van der Waals surface area contributed by atoms with Gasteiger partial charge in [0.2, 0.25) is 11.8 Å². The SMILES string of the molecule is CCOc1ccccc1N1CCN(CC(=O)N2c3ccccc3NC(=O)CC2C(F)(F)F)CC1. The minimum atomic E-state index is -4.74. The molecule has 2 aromatic rings. The molecular weight excluding hydrogens is 449 g/mol. The van der Waals surface area contributed by atoms with Gasteiger partial charge < -0.3 is 15.0 Å². The monoisotopic (exact) mass is 476 g/mol. The maximum atomic E-state index is 13.9. The number of ether oxygens (including phenoxy) is 1. The van der Waals surface area contributed by atoms with Crippen molar-refractivity contribution in [2.24, 2.45) is 0 Å². The highest BCUT2D eigenvalue weighted by atomic mass is 19.4. The normalized spacial score (nSPS) is 19.3. The molecule has 1 atom stereocenters. The molecule has 2 aromatic carbocycles. The topological polar surface area (TPSA) is 65.1 Å². The average Bonchev–Trinajstić information content (AvgIpc) is 2.96. The summed E-state index contributed by atoms with van der Waals surface area (Å²) in [5, 5.41) is 2.49. The van der Waals surface area contributed by atoms with Crippen molar-refractivity contribution < 1.29 is 27.5 Å². The molecule has 34 heavy (non-hydrogen) atoms. The van der Waals surface area contributed by atoms with E-state index in [9.17, 15) is 22.8 Å². The first-order valence-corrected chi connectivity index (χ1v) is 11.2. The van der Waals surface area contributed by atoms with E-state index in [0.717, 1.165) is 16.3 Å². The Labute approximate surface area is 196 Å². The van der Waals surface area contributed by atoms with Crippen LogP contribution in [0.3, 0.4) is 0 Å². The summed E-state index contributed by atoms with van der Waals surface area (Å²) >= 11 is 0. The van der Waals surface area contributed by atoms with Crippen molar-refractivity contribution >= 4 is 28.9 Å². The number of nitrogens with zero attached hydrogens (tertiary/aromatic N) is 3. The van der Waals surface area contributed by atoms with Crippen LogP contribution in [-0.4, -0.2) is 68.3 Å². The molecule has 2 aliphatic rings. The van der Waals surface area contributed by atoms with Gasteiger partial charge in [0.15, 0.2) is 0 Å². The van der Waals surface area contributed by atoms with Gasteiger partial charge in [0.1, 0.15) is 11.8 Å². The van der Waals surface area contributed by atoms with Crippen LogP contribution < -0.4 is 19.9 Å². The minimum Gasteiger partial charge on any atom is -0.492 e. The Morgan fingerprint density at radius 2 is 1.68 bits per heavy atom. The third kappa shape index (κ3) is 5.11. The van der Waals surface area contributed by atoms with E-state index in [4.69, 9.17) is 4.74 Å². The van der Waals surface area contributed by atoms with Gasteiger partial charge in [-0.15, -0.1) is 0 Å². The average molecular weight is 476 g/mol. The Morgan fingerprint density at radius 3 is 2.35 bits per heavy atom. The standard InChI is InChI=1S/C24H27F3N4O3/c1-2-34-20-10-6-5-9-19(20)30-13-11-29(12-14-30)16-23(33)31-18-8-4-3-7-17(18)28-22(32)15-21(31)24(25,26)27/h3-10,21H,2,11-16H2,1H3,(H,28,32). The third-order valence-electron chi connectivity index (χ3n) is 6.01. The van der Waals surface area contributed by atoms with E-state index in [2.05, 4.69) is 10.2 Å². The van der Waals surface area contributed by atoms with E-state index >= 15 is 0 Å². The number of para-hydroxylation sites is 4. The Bertz CT molecular complexity index is 1040. The molecule has 0 bridgehead atoms. The van der Waals surface area contributed by atoms with Crippen molar-refractivity contribution in [3.63, 3.8) is 0 Å². The fraction of sp³-hybridized carbons (Fsp3) is 0.417. The number of benzene rings is 2. The van der Waals surface area contributed by atoms with Gasteiger partial charge >= 0.3 is 6.18 Å². The molecule has 2 heterocycles. The Balaban J connectivity index is 1.49. The predicted octanol–water partition coefficient (Wildman–Crippen LogP) is 3.51. The van der Waals surface area contributed by atoms with Crippen LogP contribution in [-0.2, 0) is 9.59 Å². The van der Waals surface area contributed by atoms with Crippen LogP contribution >= 0.6 is 0 Å². The first-order chi connectivity index (χ1) is 16.3. The highest BCUT2D eigenvalue weighted by Crippen LogP contribution is 2.38. The lowest BCUT2D eigenvalue weighted by molar-refractivity contribution is -0.158. The van der Waals surface area contributed by atoms with E-state index < -0.39 is 30.5 Å². The number of carbonyl (C=O) groups excluding carboxylic acids is 2. The van der Waals surface area contributed by atoms with Crippen molar-refractivity contribution in [1.29, 1.82) is 0 Å². The highest BCUT2D eigenvalue weighted by Gasteiger charge is 2.49. The van der Waals surface area contributed by atoms with E-state index in [1.165, 1.54) is 12.1 Å². The lowest BCUT2D eigenvalue weighted by atomic mass is 10.1. The van der Waals surface area contributed by atoms with Gasteiger partial charge in [-0.3, -0.25) is 19.4 Å². The number of anilines is 3. The molecule has 10 heteroatoms.